The van der Waals surface area contributed by atoms with E-state index >= 15 is 0 Å². The average molecular weight is 225 g/mol. The van der Waals surface area contributed by atoms with E-state index in [0.29, 0.717) is 0 Å². The smallest absolute Gasteiger partial charge is 0.409 e. The lowest BCUT2D eigenvalue weighted by molar-refractivity contribution is -0.148. The van der Waals surface area contributed by atoms with E-state index in [1.807, 2.05) is 6.07 Å². The highest BCUT2D eigenvalue weighted by atomic mass is 16.6. The molecule has 0 aliphatic rings. The third-order valence-electron chi connectivity index (χ3n) is 1.70. The highest BCUT2D eigenvalue weighted by molar-refractivity contribution is 5.78. The first-order chi connectivity index (χ1) is 7.59. The minimum Gasteiger partial charge on any atom is -0.478 e. The molecule has 1 aromatic carbocycles. The summed E-state index contributed by atoms with van der Waals surface area (Å²) in [6, 6.07) is 8.88. The van der Waals surface area contributed by atoms with Gasteiger partial charge in [0.25, 0.3) is 0 Å². The lowest BCUT2D eigenvalue weighted by atomic mass is 10.2. The van der Waals surface area contributed by atoms with Gasteiger partial charge in [0.2, 0.25) is 6.23 Å². The first-order valence-electron chi connectivity index (χ1n) is 4.47. The van der Waals surface area contributed by atoms with Crippen molar-refractivity contribution in [2.45, 2.75) is 12.8 Å². The Morgan fingerprint density at radius 1 is 1.31 bits per heavy atom. The summed E-state index contributed by atoms with van der Waals surface area (Å²) in [5.74, 6) is -1.54. The molecule has 86 valence electrons. The van der Waals surface area contributed by atoms with Crippen molar-refractivity contribution >= 4 is 12.1 Å². The molecular formula is C10H11NO5. The zero-order chi connectivity index (χ0) is 12.0. The molecule has 0 heterocycles. The number of carboxylic acid groups (broad SMARTS) is 1. The summed E-state index contributed by atoms with van der Waals surface area (Å²) in [6.45, 7) is 0.0129. The van der Waals surface area contributed by atoms with E-state index in [4.69, 9.17) is 10.2 Å². The van der Waals surface area contributed by atoms with Crippen LogP contribution < -0.4 is 5.32 Å². The van der Waals surface area contributed by atoms with Crippen molar-refractivity contribution in [3.05, 3.63) is 35.9 Å². The number of amides is 1. The number of ether oxygens (including phenoxy) is 1. The minimum atomic E-state index is -1.96. The van der Waals surface area contributed by atoms with Crippen LogP contribution in [0.3, 0.4) is 0 Å². The number of alkyl carbamates (subject to hydrolysis) is 1. The van der Waals surface area contributed by atoms with E-state index in [0.717, 1.165) is 5.56 Å². The third kappa shape index (κ3) is 3.97. The Hall–Kier alpha value is -2.08. The summed E-state index contributed by atoms with van der Waals surface area (Å²) in [6.07, 6.45) is -2.94. The molecule has 1 aromatic rings. The summed E-state index contributed by atoms with van der Waals surface area (Å²) in [5.41, 5.74) is 0.766. The highest BCUT2D eigenvalue weighted by Crippen LogP contribution is 2.00. The van der Waals surface area contributed by atoms with Crippen molar-refractivity contribution in [3.63, 3.8) is 0 Å². The van der Waals surface area contributed by atoms with Gasteiger partial charge in [-0.25, -0.2) is 9.59 Å². The number of aliphatic hydroxyl groups is 1. The van der Waals surface area contributed by atoms with Gasteiger partial charge in [0.1, 0.15) is 6.61 Å². The lowest BCUT2D eigenvalue weighted by Gasteiger charge is -2.08. The molecule has 0 radical (unpaired) electrons. The lowest BCUT2D eigenvalue weighted by Crippen LogP contribution is -2.40. The van der Waals surface area contributed by atoms with Gasteiger partial charge in [0.15, 0.2) is 0 Å². The summed E-state index contributed by atoms with van der Waals surface area (Å²) >= 11 is 0. The van der Waals surface area contributed by atoms with E-state index in [2.05, 4.69) is 4.74 Å². The van der Waals surface area contributed by atoms with Crippen LogP contribution in [0, 0.1) is 0 Å². The topological polar surface area (TPSA) is 95.9 Å². The number of aliphatic hydroxyl groups excluding tert-OH is 1. The number of aliphatic carboxylic acids is 1. The Bertz CT molecular complexity index is 365. The fourth-order valence-corrected chi connectivity index (χ4v) is 0.938. The van der Waals surface area contributed by atoms with E-state index in [-0.39, 0.29) is 6.61 Å². The number of carboxylic acids is 1. The van der Waals surface area contributed by atoms with E-state index in [1.54, 1.807) is 29.6 Å². The molecule has 0 aliphatic heterocycles. The fourth-order valence-electron chi connectivity index (χ4n) is 0.938. The second-order valence-corrected chi connectivity index (χ2v) is 2.95. The summed E-state index contributed by atoms with van der Waals surface area (Å²) < 4.78 is 4.68. The molecule has 0 fully saturated rings. The van der Waals surface area contributed by atoms with Crippen molar-refractivity contribution in [1.29, 1.82) is 0 Å². The maximum absolute atomic E-state index is 11.0. The van der Waals surface area contributed by atoms with Gasteiger partial charge >= 0.3 is 12.1 Å². The van der Waals surface area contributed by atoms with Gasteiger partial charge in [-0.2, -0.15) is 0 Å². The number of rotatable bonds is 4. The normalized spacial score (nSPS) is 11.6. The van der Waals surface area contributed by atoms with Crippen molar-refractivity contribution in [3.8, 4) is 0 Å². The van der Waals surface area contributed by atoms with Crippen LogP contribution in [-0.2, 0) is 16.1 Å². The van der Waals surface area contributed by atoms with Crippen LogP contribution in [0.2, 0.25) is 0 Å². The van der Waals surface area contributed by atoms with E-state index in [1.165, 1.54) is 0 Å². The van der Waals surface area contributed by atoms with Gasteiger partial charge in [-0.15, -0.1) is 0 Å². The molecule has 0 aliphatic carbocycles. The molecule has 6 heteroatoms. The van der Waals surface area contributed by atoms with Crippen LogP contribution in [0.25, 0.3) is 0 Å². The predicted molar refractivity (Wildman–Crippen MR) is 53.4 cm³/mol. The van der Waals surface area contributed by atoms with Gasteiger partial charge < -0.3 is 14.9 Å². The molecule has 0 spiro atoms. The molecule has 3 N–H and O–H groups in total. The van der Waals surface area contributed by atoms with Crippen molar-refractivity contribution in [2.24, 2.45) is 0 Å². The Balaban J connectivity index is 2.33. The van der Waals surface area contributed by atoms with Gasteiger partial charge in [0.05, 0.1) is 0 Å². The maximum Gasteiger partial charge on any atom is 0.409 e. The molecule has 0 aromatic heterocycles. The number of carbonyl (C=O) groups excluding carboxylic acids is 1. The largest absolute Gasteiger partial charge is 0.478 e. The zero-order valence-electron chi connectivity index (χ0n) is 8.29. The number of hydrogen-bond donors (Lipinski definition) is 3. The van der Waals surface area contributed by atoms with E-state index in [9.17, 15) is 9.59 Å². The van der Waals surface area contributed by atoms with Crippen molar-refractivity contribution in [2.75, 3.05) is 0 Å². The number of nitrogens with one attached hydrogen (secondary N) is 1. The summed E-state index contributed by atoms with van der Waals surface area (Å²) in [4.78, 5) is 21.2. The minimum absolute atomic E-state index is 0.0129. The van der Waals surface area contributed by atoms with Crippen LogP contribution in [0.1, 0.15) is 5.56 Å². The van der Waals surface area contributed by atoms with Crippen molar-refractivity contribution in [1.82, 2.24) is 5.32 Å². The SMILES string of the molecule is O=C(N[C@@H](O)C(=O)O)OCc1ccccc1. The first-order valence-corrected chi connectivity index (χ1v) is 4.47. The second-order valence-electron chi connectivity index (χ2n) is 2.95. The van der Waals surface area contributed by atoms with Gasteiger partial charge in [-0.05, 0) is 5.56 Å². The van der Waals surface area contributed by atoms with Gasteiger partial charge in [-0.3, -0.25) is 5.32 Å². The molecule has 0 bridgehead atoms. The number of carbonyl (C=O) groups is 2. The Labute approximate surface area is 91.5 Å². The number of benzene rings is 1. The molecular weight excluding hydrogens is 214 g/mol. The van der Waals surface area contributed by atoms with Crippen LogP contribution in [0.5, 0.6) is 0 Å². The van der Waals surface area contributed by atoms with E-state index < -0.39 is 18.3 Å². The molecule has 1 atom stereocenters. The van der Waals surface area contributed by atoms with Crippen molar-refractivity contribution < 1.29 is 24.5 Å². The molecule has 0 unspecified atom stereocenters. The molecule has 1 rings (SSSR count). The van der Waals surface area contributed by atoms with Crippen LogP contribution >= 0.6 is 0 Å². The zero-order valence-corrected chi connectivity index (χ0v) is 8.29. The molecule has 0 saturated carbocycles. The second kappa shape index (κ2) is 5.72. The first kappa shape index (κ1) is 12.0. The summed E-state index contributed by atoms with van der Waals surface area (Å²) in [7, 11) is 0. The molecule has 16 heavy (non-hydrogen) atoms. The molecule has 1 amide bonds. The van der Waals surface area contributed by atoms with Gasteiger partial charge in [0, 0.05) is 0 Å². The third-order valence-corrected chi connectivity index (χ3v) is 1.70. The average Bonchev–Trinajstić information content (AvgIpc) is 2.27. The Morgan fingerprint density at radius 3 is 2.50 bits per heavy atom. The number of hydrogen-bond acceptors (Lipinski definition) is 4. The quantitative estimate of drug-likeness (QED) is 0.641. The summed E-state index contributed by atoms with van der Waals surface area (Å²) in [5, 5.41) is 18.8. The fraction of sp³-hybridized carbons (Fsp3) is 0.200. The van der Waals surface area contributed by atoms with Gasteiger partial charge in [-0.1, -0.05) is 30.3 Å². The monoisotopic (exact) mass is 225 g/mol. The highest BCUT2D eigenvalue weighted by Gasteiger charge is 2.16. The maximum atomic E-state index is 11.0. The van der Waals surface area contributed by atoms with Crippen LogP contribution in [-0.4, -0.2) is 28.5 Å². The molecule has 0 saturated heterocycles. The predicted octanol–water partition coefficient (Wildman–Crippen LogP) is 0.316. The van der Waals surface area contributed by atoms with Crippen LogP contribution in [0.4, 0.5) is 4.79 Å². The Morgan fingerprint density at radius 2 is 1.94 bits per heavy atom. The van der Waals surface area contributed by atoms with Crippen LogP contribution in [0.15, 0.2) is 30.3 Å². The Kier molecular flexibility index (Phi) is 4.28. The standard InChI is InChI=1S/C10H11NO5/c12-8(9(13)14)11-10(15)16-6-7-4-2-1-3-5-7/h1-5,8,12H,6H2,(H,11,15)(H,13,14)/t8-/m0/s1. The molecule has 6 nitrogen and oxygen atoms in total.